The van der Waals surface area contributed by atoms with Gasteiger partial charge in [0.2, 0.25) is 0 Å². The number of aliphatic hydroxyl groups is 3. The first-order valence-corrected chi connectivity index (χ1v) is 12.9. The third-order valence-corrected chi connectivity index (χ3v) is 7.01. The molecule has 1 saturated heterocycles. The monoisotopic (exact) mass is 572 g/mol. The van der Waals surface area contributed by atoms with Crippen LogP contribution in [-0.4, -0.2) is 87.3 Å². The Bertz CT molecular complexity index is 1370. The van der Waals surface area contributed by atoms with Crippen LogP contribution in [0.1, 0.15) is 52.9 Å². The van der Waals surface area contributed by atoms with E-state index in [-0.39, 0.29) is 52.8 Å². The molecule has 6 atom stereocenters. The first-order chi connectivity index (χ1) is 19.4. The summed E-state index contributed by atoms with van der Waals surface area (Å²) in [5.41, 5.74) is 0.862. The third kappa shape index (κ3) is 6.20. The number of aryl methyl sites for hydroxylation is 1. The Labute approximate surface area is 235 Å². The highest BCUT2D eigenvalue weighted by Gasteiger charge is 2.49. The molecule has 1 unspecified atom stereocenters. The maximum absolute atomic E-state index is 13.1. The molecule has 0 spiro atoms. The van der Waals surface area contributed by atoms with Crippen LogP contribution in [0, 0.1) is 6.92 Å². The molecule has 0 aromatic heterocycles. The Balaban J connectivity index is 1.72. The lowest BCUT2D eigenvalue weighted by molar-refractivity contribution is -0.240. The lowest BCUT2D eigenvalue weighted by Gasteiger charge is -2.43. The van der Waals surface area contributed by atoms with Gasteiger partial charge in [0.1, 0.15) is 47.8 Å². The second kappa shape index (κ2) is 12.3. The van der Waals surface area contributed by atoms with Gasteiger partial charge in [0.05, 0.1) is 24.8 Å². The Morgan fingerprint density at radius 1 is 1.12 bits per heavy atom. The van der Waals surface area contributed by atoms with Crippen LogP contribution in [0.5, 0.6) is 23.0 Å². The molecule has 0 radical (unpaired) electrons. The van der Waals surface area contributed by atoms with Gasteiger partial charge in [-0.2, -0.15) is 0 Å². The number of esters is 1. The summed E-state index contributed by atoms with van der Waals surface area (Å²) in [7, 11) is 1.37. The van der Waals surface area contributed by atoms with Crippen molar-refractivity contribution in [3.63, 3.8) is 0 Å². The summed E-state index contributed by atoms with van der Waals surface area (Å²) >= 11 is 0. The quantitative estimate of drug-likeness (QED) is 0.227. The normalized spacial score (nSPS) is 25.9. The number of ether oxygens (including phenoxy) is 4. The SMILES string of the molecule is COc1cc(/C=C/C(=O)O[C@@H]2[C@H](O)[C@H](O)[C@@H](CO)O[C@H]2c2c(O)cc(C)c3c2OC(CC(C)=O)CC3=O)ccc1O. The molecular formula is C29H32O12. The number of phenols is 2. The number of carbonyl (C=O) groups excluding carboxylic acids is 3. The smallest absolute Gasteiger partial charge is 0.331 e. The number of hydrogen-bond acceptors (Lipinski definition) is 12. The van der Waals surface area contributed by atoms with E-state index in [0.29, 0.717) is 11.1 Å². The Kier molecular flexibility index (Phi) is 8.98. The highest BCUT2D eigenvalue weighted by molar-refractivity contribution is 6.02. The van der Waals surface area contributed by atoms with Crippen molar-refractivity contribution in [2.45, 2.75) is 63.3 Å². The molecule has 0 aliphatic carbocycles. The van der Waals surface area contributed by atoms with Crippen molar-refractivity contribution >= 4 is 23.6 Å². The molecule has 2 heterocycles. The summed E-state index contributed by atoms with van der Waals surface area (Å²) < 4.78 is 22.4. The van der Waals surface area contributed by atoms with Crippen molar-refractivity contribution in [1.29, 1.82) is 0 Å². The Morgan fingerprint density at radius 2 is 1.85 bits per heavy atom. The van der Waals surface area contributed by atoms with Gasteiger partial charge in [-0.15, -0.1) is 0 Å². The largest absolute Gasteiger partial charge is 0.507 e. The zero-order chi connectivity index (χ0) is 30.0. The number of hydrogen-bond donors (Lipinski definition) is 5. The lowest BCUT2D eigenvalue weighted by Crippen LogP contribution is -2.56. The first-order valence-electron chi connectivity index (χ1n) is 12.9. The van der Waals surface area contributed by atoms with E-state index in [1.807, 2.05) is 0 Å². The van der Waals surface area contributed by atoms with E-state index in [1.165, 1.54) is 44.4 Å². The molecule has 0 saturated carbocycles. The van der Waals surface area contributed by atoms with Crippen LogP contribution in [0.2, 0.25) is 0 Å². The number of phenolic OH excluding ortho intramolecular Hbond substituents is 2. The molecule has 0 amide bonds. The maximum atomic E-state index is 13.1. The van der Waals surface area contributed by atoms with E-state index in [2.05, 4.69) is 0 Å². The van der Waals surface area contributed by atoms with Gasteiger partial charge in [-0.3, -0.25) is 9.59 Å². The minimum absolute atomic E-state index is 0.0727. The molecule has 2 aromatic carbocycles. The van der Waals surface area contributed by atoms with Crippen molar-refractivity contribution in [1.82, 2.24) is 0 Å². The Hall–Kier alpha value is -3.97. The number of carbonyl (C=O) groups is 3. The van der Waals surface area contributed by atoms with Crippen LogP contribution < -0.4 is 9.47 Å². The molecule has 220 valence electrons. The van der Waals surface area contributed by atoms with E-state index >= 15 is 0 Å². The molecule has 4 rings (SSSR count). The minimum atomic E-state index is -1.78. The summed E-state index contributed by atoms with van der Waals surface area (Å²) in [5, 5.41) is 52.1. The van der Waals surface area contributed by atoms with Gasteiger partial charge >= 0.3 is 5.97 Å². The number of fused-ring (bicyclic) bond motifs is 1. The summed E-state index contributed by atoms with van der Waals surface area (Å²) in [6.07, 6.45) is -6.48. The molecule has 0 bridgehead atoms. The fraction of sp³-hybridized carbons (Fsp3) is 0.414. The predicted octanol–water partition coefficient (Wildman–Crippen LogP) is 1.51. The number of aromatic hydroxyl groups is 2. The van der Waals surface area contributed by atoms with Crippen molar-refractivity contribution in [2.24, 2.45) is 0 Å². The molecule has 12 nitrogen and oxygen atoms in total. The third-order valence-electron chi connectivity index (χ3n) is 7.01. The average molecular weight is 573 g/mol. The molecular weight excluding hydrogens is 540 g/mol. The summed E-state index contributed by atoms with van der Waals surface area (Å²) in [4.78, 5) is 37.7. The van der Waals surface area contributed by atoms with Gasteiger partial charge < -0.3 is 44.5 Å². The fourth-order valence-electron chi connectivity index (χ4n) is 5.07. The number of Topliss-reactive ketones (excluding diaryl/α,β-unsaturated/α-hetero) is 2. The van der Waals surface area contributed by atoms with Crippen molar-refractivity contribution in [3.05, 3.63) is 52.6 Å². The average Bonchev–Trinajstić information content (AvgIpc) is 2.91. The molecule has 2 aliphatic heterocycles. The van der Waals surface area contributed by atoms with Gasteiger partial charge in [-0.05, 0) is 49.2 Å². The van der Waals surface area contributed by atoms with Crippen molar-refractivity contribution in [3.8, 4) is 23.0 Å². The van der Waals surface area contributed by atoms with Crippen molar-refractivity contribution < 1.29 is 58.9 Å². The molecule has 41 heavy (non-hydrogen) atoms. The minimum Gasteiger partial charge on any atom is -0.507 e. The highest BCUT2D eigenvalue weighted by atomic mass is 16.6. The first kappa shape index (κ1) is 30.0. The summed E-state index contributed by atoms with van der Waals surface area (Å²) in [5.74, 6) is -1.95. The molecule has 12 heteroatoms. The van der Waals surface area contributed by atoms with Crippen LogP contribution in [0.4, 0.5) is 0 Å². The van der Waals surface area contributed by atoms with E-state index in [9.17, 15) is 39.9 Å². The number of benzene rings is 2. The molecule has 1 fully saturated rings. The van der Waals surface area contributed by atoms with E-state index < -0.39 is 54.9 Å². The maximum Gasteiger partial charge on any atom is 0.331 e. The van der Waals surface area contributed by atoms with E-state index in [1.54, 1.807) is 6.92 Å². The predicted molar refractivity (Wildman–Crippen MR) is 142 cm³/mol. The van der Waals surface area contributed by atoms with Gasteiger partial charge in [0, 0.05) is 18.9 Å². The Morgan fingerprint density at radius 3 is 2.51 bits per heavy atom. The van der Waals surface area contributed by atoms with E-state index in [0.717, 1.165) is 6.08 Å². The van der Waals surface area contributed by atoms with Crippen LogP contribution in [0.25, 0.3) is 6.08 Å². The number of methoxy groups -OCH3 is 1. The molecule has 2 aromatic rings. The number of ketones is 2. The topological polar surface area (TPSA) is 189 Å². The standard InChI is InChI=1S/C29H32O12/c1-13-8-18(33)24(27-23(13)19(34)11-16(39-27)9-14(2)31)28-29(26(37)25(36)21(12-30)40-28)41-22(35)7-5-15-4-6-17(32)20(10-15)38-3/h4-8,10,16,21,25-26,28-30,32-33,36-37H,9,11-12H2,1-3H3/b7-5+/t16?,21-,25-,26-,28+,29-/m1/s1. The van der Waals surface area contributed by atoms with Crippen LogP contribution in [-0.2, 0) is 19.1 Å². The second-order valence-electron chi connectivity index (χ2n) is 10.0. The second-order valence-corrected chi connectivity index (χ2v) is 10.0. The van der Waals surface area contributed by atoms with Gasteiger partial charge in [0.25, 0.3) is 0 Å². The zero-order valence-corrected chi connectivity index (χ0v) is 22.6. The van der Waals surface area contributed by atoms with Gasteiger partial charge in [-0.1, -0.05) is 6.07 Å². The van der Waals surface area contributed by atoms with E-state index in [4.69, 9.17) is 18.9 Å². The summed E-state index contributed by atoms with van der Waals surface area (Å²) in [6.45, 7) is 2.22. The lowest BCUT2D eigenvalue weighted by atomic mass is 9.85. The van der Waals surface area contributed by atoms with Crippen molar-refractivity contribution in [2.75, 3.05) is 13.7 Å². The van der Waals surface area contributed by atoms with Gasteiger partial charge in [0.15, 0.2) is 23.4 Å². The fourth-order valence-corrected chi connectivity index (χ4v) is 5.07. The van der Waals surface area contributed by atoms with Crippen LogP contribution >= 0.6 is 0 Å². The number of aliphatic hydroxyl groups excluding tert-OH is 3. The molecule has 2 aliphatic rings. The van der Waals surface area contributed by atoms with Gasteiger partial charge in [-0.25, -0.2) is 4.79 Å². The zero-order valence-electron chi connectivity index (χ0n) is 22.6. The summed E-state index contributed by atoms with van der Waals surface area (Å²) in [6, 6.07) is 5.65. The van der Waals surface area contributed by atoms with Crippen LogP contribution in [0.15, 0.2) is 30.3 Å². The number of rotatable bonds is 8. The molecule has 5 N–H and O–H groups in total. The van der Waals surface area contributed by atoms with Crippen LogP contribution in [0.3, 0.4) is 0 Å². The highest BCUT2D eigenvalue weighted by Crippen LogP contribution is 2.47.